The van der Waals surface area contributed by atoms with Gasteiger partial charge in [-0.1, -0.05) is 24.4 Å². The molecular weight excluding hydrogens is 488 g/mol. The molecule has 9 nitrogen and oxygen atoms in total. The van der Waals surface area contributed by atoms with Crippen molar-refractivity contribution in [3.8, 4) is 0 Å². The predicted molar refractivity (Wildman–Crippen MR) is 140 cm³/mol. The highest BCUT2D eigenvalue weighted by Gasteiger charge is 2.28. The van der Waals surface area contributed by atoms with Gasteiger partial charge < -0.3 is 15.5 Å². The SMILES string of the molecule is CC(C)N1C(=O)CCCc2cc(Nc3ncc(Cl)c(N[C@@H]4CCCC[C@H]4NS(C)(=O)=O)n3)ccc21. The van der Waals surface area contributed by atoms with Crippen LogP contribution in [-0.2, 0) is 21.2 Å². The summed E-state index contributed by atoms with van der Waals surface area (Å²) in [5.74, 6) is 0.996. The minimum Gasteiger partial charge on any atom is -0.364 e. The molecule has 11 heteroatoms. The minimum absolute atomic E-state index is 0.0900. The molecule has 190 valence electrons. The number of carbonyl (C=O) groups excluding carboxylic acids is 1. The Kier molecular flexibility index (Phi) is 7.83. The smallest absolute Gasteiger partial charge is 0.229 e. The second-order valence-electron chi connectivity index (χ2n) is 9.60. The Morgan fingerprint density at radius 1 is 1.11 bits per heavy atom. The molecule has 0 unspecified atom stereocenters. The number of hydrogen-bond acceptors (Lipinski definition) is 7. The van der Waals surface area contributed by atoms with Crippen molar-refractivity contribution in [2.24, 2.45) is 0 Å². The van der Waals surface area contributed by atoms with Gasteiger partial charge in [-0.15, -0.1) is 0 Å². The Balaban J connectivity index is 1.53. The van der Waals surface area contributed by atoms with E-state index in [-0.39, 0.29) is 24.0 Å². The van der Waals surface area contributed by atoms with Gasteiger partial charge in [-0.25, -0.2) is 18.1 Å². The van der Waals surface area contributed by atoms with Crippen molar-refractivity contribution in [1.82, 2.24) is 14.7 Å². The summed E-state index contributed by atoms with van der Waals surface area (Å²) in [5, 5.41) is 6.95. The minimum atomic E-state index is -3.32. The first-order valence-electron chi connectivity index (χ1n) is 12.1. The number of anilines is 4. The number of fused-ring (bicyclic) bond motifs is 1. The van der Waals surface area contributed by atoms with Crippen LogP contribution in [0, 0.1) is 0 Å². The lowest BCUT2D eigenvalue weighted by Crippen LogP contribution is -2.48. The van der Waals surface area contributed by atoms with Crippen molar-refractivity contribution < 1.29 is 13.2 Å². The summed E-state index contributed by atoms with van der Waals surface area (Å²) in [6, 6.07) is 5.68. The lowest BCUT2D eigenvalue weighted by atomic mass is 9.91. The number of aryl methyl sites for hydroxylation is 1. The van der Waals surface area contributed by atoms with Crippen LogP contribution < -0.4 is 20.3 Å². The molecule has 2 aromatic rings. The Morgan fingerprint density at radius 2 is 1.86 bits per heavy atom. The van der Waals surface area contributed by atoms with Crippen molar-refractivity contribution in [2.75, 3.05) is 21.8 Å². The van der Waals surface area contributed by atoms with E-state index in [1.54, 1.807) is 0 Å². The molecule has 0 bridgehead atoms. The van der Waals surface area contributed by atoms with Crippen LogP contribution in [0.4, 0.5) is 23.1 Å². The van der Waals surface area contributed by atoms with E-state index < -0.39 is 10.0 Å². The van der Waals surface area contributed by atoms with Crippen LogP contribution in [0.25, 0.3) is 0 Å². The highest BCUT2D eigenvalue weighted by molar-refractivity contribution is 7.88. The summed E-state index contributed by atoms with van der Waals surface area (Å²) >= 11 is 6.38. The molecule has 2 atom stereocenters. The Bertz CT molecular complexity index is 1190. The van der Waals surface area contributed by atoms with E-state index in [1.165, 1.54) is 12.5 Å². The van der Waals surface area contributed by atoms with Crippen LogP contribution in [0.15, 0.2) is 24.4 Å². The van der Waals surface area contributed by atoms with Crippen LogP contribution in [0.1, 0.15) is 57.9 Å². The molecule has 1 aromatic heterocycles. The number of halogens is 1. The van der Waals surface area contributed by atoms with Gasteiger partial charge in [0.05, 0.1) is 12.5 Å². The average molecular weight is 521 g/mol. The van der Waals surface area contributed by atoms with E-state index in [0.717, 1.165) is 55.5 Å². The van der Waals surface area contributed by atoms with Crippen molar-refractivity contribution >= 4 is 50.7 Å². The standard InChI is InChI=1S/C24H33ClN6O3S/c1-15(2)31-21-12-11-17(13-16(21)7-6-10-22(31)32)27-24-26-14-18(25)23(29-24)28-19-8-4-5-9-20(19)30-35(3,33)34/h11-15,19-20,30H,4-10H2,1-3H3,(H2,26,27,28,29)/t19-,20-/m1/s1. The fourth-order valence-electron chi connectivity index (χ4n) is 4.90. The van der Waals surface area contributed by atoms with E-state index in [1.807, 2.05) is 36.9 Å². The number of aromatic nitrogens is 2. The van der Waals surface area contributed by atoms with Gasteiger partial charge in [-0.3, -0.25) is 4.79 Å². The molecule has 1 saturated carbocycles. The number of carbonyl (C=O) groups is 1. The lowest BCUT2D eigenvalue weighted by molar-refractivity contribution is -0.118. The summed E-state index contributed by atoms with van der Waals surface area (Å²) in [4.78, 5) is 23.3. The van der Waals surface area contributed by atoms with E-state index in [4.69, 9.17) is 11.6 Å². The maximum atomic E-state index is 12.6. The Hall–Kier alpha value is -2.43. The average Bonchev–Trinajstić information content (AvgIpc) is 2.94. The topological polar surface area (TPSA) is 116 Å². The summed E-state index contributed by atoms with van der Waals surface area (Å²) in [5.41, 5.74) is 2.89. The van der Waals surface area contributed by atoms with Crippen LogP contribution >= 0.6 is 11.6 Å². The van der Waals surface area contributed by atoms with Crippen LogP contribution in [0.5, 0.6) is 0 Å². The summed E-state index contributed by atoms with van der Waals surface area (Å²) in [6.07, 6.45) is 8.42. The number of rotatable bonds is 7. The fraction of sp³-hybridized carbons (Fsp3) is 0.542. The van der Waals surface area contributed by atoms with E-state index >= 15 is 0 Å². The molecule has 2 aliphatic rings. The quantitative estimate of drug-likeness (QED) is 0.500. The van der Waals surface area contributed by atoms with Gasteiger partial charge in [0.2, 0.25) is 21.9 Å². The first-order valence-corrected chi connectivity index (χ1v) is 14.4. The van der Waals surface area contributed by atoms with Crippen molar-refractivity contribution in [1.29, 1.82) is 0 Å². The molecule has 1 aliphatic carbocycles. The van der Waals surface area contributed by atoms with E-state index in [9.17, 15) is 13.2 Å². The van der Waals surface area contributed by atoms with Crippen LogP contribution in [0.2, 0.25) is 5.02 Å². The molecule has 1 aliphatic heterocycles. The third-order valence-corrected chi connectivity index (χ3v) is 7.42. The zero-order valence-electron chi connectivity index (χ0n) is 20.3. The second-order valence-corrected chi connectivity index (χ2v) is 11.8. The van der Waals surface area contributed by atoms with E-state index in [0.29, 0.717) is 23.2 Å². The van der Waals surface area contributed by atoms with Crippen molar-refractivity contribution in [3.05, 3.63) is 35.0 Å². The molecule has 3 N–H and O–H groups in total. The summed E-state index contributed by atoms with van der Waals surface area (Å²) in [7, 11) is -3.32. The van der Waals surface area contributed by atoms with Gasteiger partial charge in [0, 0.05) is 35.9 Å². The Labute approximate surface area is 212 Å². The fourth-order valence-corrected chi connectivity index (χ4v) is 5.88. The predicted octanol–water partition coefficient (Wildman–Crippen LogP) is 4.22. The van der Waals surface area contributed by atoms with Gasteiger partial charge in [0.15, 0.2) is 5.82 Å². The highest BCUT2D eigenvalue weighted by atomic mass is 35.5. The number of amides is 1. The molecule has 0 saturated heterocycles. The molecule has 1 fully saturated rings. The van der Waals surface area contributed by atoms with Gasteiger partial charge in [-0.05, 0) is 63.3 Å². The molecule has 35 heavy (non-hydrogen) atoms. The first kappa shape index (κ1) is 25.7. The number of hydrogen-bond donors (Lipinski definition) is 3. The lowest BCUT2D eigenvalue weighted by Gasteiger charge is -2.32. The van der Waals surface area contributed by atoms with Gasteiger partial charge in [-0.2, -0.15) is 4.98 Å². The molecule has 4 rings (SSSR count). The summed E-state index contributed by atoms with van der Waals surface area (Å²) < 4.78 is 26.3. The number of nitrogens with zero attached hydrogens (tertiary/aromatic N) is 3. The molecular formula is C24H33ClN6O3S. The largest absolute Gasteiger partial charge is 0.364 e. The normalized spacial score (nSPS) is 20.9. The monoisotopic (exact) mass is 520 g/mol. The Morgan fingerprint density at radius 3 is 2.57 bits per heavy atom. The molecule has 1 aromatic carbocycles. The number of sulfonamides is 1. The van der Waals surface area contributed by atoms with Crippen molar-refractivity contribution in [3.63, 3.8) is 0 Å². The third kappa shape index (κ3) is 6.42. The zero-order valence-corrected chi connectivity index (χ0v) is 21.9. The zero-order chi connectivity index (χ0) is 25.2. The highest BCUT2D eigenvalue weighted by Crippen LogP contribution is 2.32. The number of benzene rings is 1. The van der Waals surface area contributed by atoms with Crippen molar-refractivity contribution in [2.45, 2.75) is 76.9 Å². The first-order chi connectivity index (χ1) is 16.6. The second kappa shape index (κ2) is 10.7. The molecule has 0 radical (unpaired) electrons. The van der Waals surface area contributed by atoms with Gasteiger partial charge >= 0.3 is 0 Å². The molecule has 0 spiro atoms. The van der Waals surface area contributed by atoms with E-state index in [2.05, 4.69) is 25.3 Å². The number of nitrogens with one attached hydrogen (secondary N) is 3. The van der Waals surface area contributed by atoms with Gasteiger partial charge in [0.1, 0.15) is 5.02 Å². The molecule has 2 heterocycles. The molecule has 1 amide bonds. The third-order valence-electron chi connectivity index (χ3n) is 6.41. The maximum absolute atomic E-state index is 12.6. The summed E-state index contributed by atoms with van der Waals surface area (Å²) in [6.45, 7) is 4.05. The maximum Gasteiger partial charge on any atom is 0.229 e. The van der Waals surface area contributed by atoms with Crippen LogP contribution in [-0.4, -0.2) is 48.7 Å². The van der Waals surface area contributed by atoms with Crippen LogP contribution in [0.3, 0.4) is 0 Å². The van der Waals surface area contributed by atoms with Gasteiger partial charge in [0.25, 0.3) is 0 Å².